The summed E-state index contributed by atoms with van der Waals surface area (Å²) in [5.74, 6) is 0. The summed E-state index contributed by atoms with van der Waals surface area (Å²) >= 11 is 3.38. The summed E-state index contributed by atoms with van der Waals surface area (Å²) in [5.41, 5.74) is 1.18. The lowest BCUT2D eigenvalue weighted by molar-refractivity contribution is 0.595. The van der Waals surface area contributed by atoms with Crippen molar-refractivity contribution in [2.75, 3.05) is 6.54 Å². The topological polar surface area (TPSA) is 24.9 Å². The van der Waals surface area contributed by atoms with Crippen molar-refractivity contribution in [3.05, 3.63) is 28.5 Å². The van der Waals surface area contributed by atoms with Crippen LogP contribution in [0.25, 0.3) is 0 Å². The van der Waals surface area contributed by atoms with E-state index in [1.807, 2.05) is 6.20 Å². The second kappa shape index (κ2) is 4.20. The Morgan fingerprint density at radius 1 is 1.54 bits per heavy atom. The summed E-state index contributed by atoms with van der Waals surface area (Å²) in [6.07, 6.45) is 5.52. The van der Waals surface area contributed by atoms with Gasteiger partial charge in [0, 0.05) is 28.8 Å². The monoisotopic (exact) mass is 240 g/mol. The van der Waals surface area contributed by atoms with Crippen LogP contribution in [0.5, 0.6) is 0 Å². The van der Waals surface area contributed by atoms with Crippen LogP contribution in [0.15, 0.2) is 22.8 Å². The molecule has 0 spiro atoms. The fourth-order valence-electron chi connectivity index (χ4n) is 1.71. The van der Waals surface area contributed by atoms with Crippen LogP contribution in [0.3, 0.4) is 0 Å². The van der Waals surface area contributed by atoms with Gasteiger partial charge in [-0.1, -0.05) is 0 Å². The summed E-state index contributed by atoms with van der Waals surface area (Å²) < 4.78 is 1.05. The summed E-state index contributed by atoms with van der Waals surface area (Å²) in [6.45, 7) is 1.17. The summed E-state index contributed by atoms with van der Waals surface area (Å²) in [5, 5.41) is 3.47. The largest absolute Gasteiger partial charge is 0.314 e. The van der Waals surface area contributed by atoms with Crippen molar-refractivity contribution < 1.29 is 0 Å². The highest BCUT2D eigenvalue weighted by atomic mass is 79.9. The van der Waals surface area contributed by atoms with Gasteiger partial charge < -0.3 is 5.32 Å². The molecule has 0 saturated carbocycles. The molecule has 13 heavy (non-hydrogen) atoms. The lowest BCUT2D eigenvalue weighted by atomic mass is 10.1. The number of pyridine rings is 1. The Labute approximate surface area is 86.9 Å². The molecule has 0 aromatic carbocycles. The van der Waals surface area contributed by atoms with E-state index in [0.29, 0.717) is 6.04 Å². The zero-order chi connectivity index (χ0) is 9.10. The summed E-state index contributed by atoms with van der Waals surface area (Å²) in [4.78, 5) is 4.35. The van der Waals surface area contributed by atoms with E-state index >= 15 is 0 Å². The number of aromatic nitrogens is 1. The van der Waals surface area contributed by atoms with Gasteiger partial charge in [-0.25, -0.2) is 0 Å². The predicted molar refractivity (Wildman–Crippen MR) is 56.7 cm³/mol. The van der Waals surface area contributed by atoms with Gasteiger partial charge in [-0.05, 0) is 47.4 Å². The Balaban J connectivity index is 1.97. The minimum absolute atomic E-state index is 0.647. The van der Waals surface area contributed by atoms with Crippen LogP contribution < -0.4 is 5.32 Å². The van der Waals surface area contributed by atoms with E-state index in [0.717, 1.165) is 10.9 Å². The molecule has 70 valence electrons. The number of hydrogen-bond donors (Lipinski definition) is 1. The highest BCUT2D eigenvalue weighted by molar-refractivity contribution is 9.10. The number of nitrogens with one attached hydrogen (secondary N) is 1. The standard InChI is InChI=1S/C10H13BrN2/c11-8-3-4-10(13-7-8)6-9-2-1-5-12-9/h3-4,7,9,12H,1-2,5-6H2. The van der Waals surface area contributed by atoms with Gasteiger partial charge >= 0.3 is 0 Å². The molecule has 1 N–H and O–H groups in total. The smallest absolute Gasteiger partial charge is 0.0419 e. The molecule has 1 aliphatic heterocycles. The fourth-order valence-corrected chi connectivity index (χ4v) is 1.95. The van der Waals surface area contributed by atoms with Crippen molar-refractivity contribution in [3.63, 3.8) is 0 Å². The third-order valence-electron chi connectivity index (χ3n) is 2.41. The van der Waals surface area contributed by atoms with Crippen molar-refractivity contribution in [1.82, 2.24) is 10.3 Å². The Kier molecular flexibility index (Phi) is 2.96. The van der Waals surface area contributed by atoms with Crippen LogP contribution in [0, 0.1) is 0 Å². The molecule has 2 rings (SSSR count). The van der Waals surface area contributed by atoms with Crippen LogP contribution in [0.4, 0.5) is 0 Å². The molecule has 1 saturated heterocycles. The molecule has 1 unspecified atom stereocenters. The summed E-state index contributed by atoms with van der Waals surface area (Å²) in [6, 6.07) is 4.79. The van der Waals surface area contributed by atoms with E-state index in [1.165, 1.54) is 25.1 Å². The van der Waals surface area contributed by atoms with Crippen LogP contribution in [0.2, 0.25) is 0 Å². The van der Waals surface area contributed by atoms with Crippen LogP contribution in [0.1, 0.15) is 18.5 Å². The SMILES string of the molecule is Brc1ccc(CC2CCCN2)nc1. The number of hydrogen-bond acceptors (Lipinski definition) is 2. The first kappa shape index (κ1) is 9.16. The minimum Gasteiger partial charge on any atom is -0.314 e. The van der Waals surface area contributed by atoms with Crippen molar-refractivity contribution >= 4 is 15.9 Å². The van der Waals surface area contributed by atoms with Gasteiger partial charge in [-0.2, -0.15) is 0 Å². The second-order valence-electron chi connectivity index (χ2n) is 3.47. The molecule has 1 aromatic rings. The number of nitrogens with zero attached hydrogens (tertiary/aromatic N) is 1. The van der Waals surface area contributed by atoms with E-state index in [-0.39, 0.29) is 0 Å². The maximum atomic E-state index is 4.35. The first-order valence-electron chi connectivity index (χ1n) is 4.68. The second-order valence-corrected chi connectivity index (χ2v) is 4.38. The molecule has 3 heteroatoms. The van der Waals surface area contributed by atoms with Crippen LogP contribution in [-0.4, -0.2) is 17.6 Å². The van der Waals surface area contributed by atoms with Gasteiger partial charge in [0.1, 0.15) is 0 Å². The van der Waals surface area contributed by atoms with E-state index in [9.17, 15) is 0 Å². The van der Waals surface area contributed by atoms with Gasteiger partial charge in [0.05, 0.1) is 0 Å². The number of rotatable bonds is 2. The van der Waals surface area contributed by atoms with Crippen LogP contribution >= 0.6 is 15.9 Å². The Morgan fingerprint density at radius 2 is 2.46 bits per heavy atom. The highest BCUT2D eigenvalue weighted by Crippen LogP contribution is 2.12. The Morgan fingerprint density at radius 3 is 3.08 bits per heavy atom. The Hall–Kier alpha value is -0.410. The van der Waals surface area contributed by atoms with Gasteiger partial charge in [-0.3, -0.25) is 4.98 Å². The average Bonchev–Trinajstić information content (AvgIpc) is 2.62. The zero-order valence-electron chi connectivity index (χ0n) is 7.46. The van der Waals surface area contributed by atoms with Crippen molar-refractivity contribution in [2.45, 2.75) is 25.3 Å². The molecular formula is C10H13BrN2. The molecule has 0 bridgehead atoms. The van der Waals surface area contributed by atoms with Crippen molar-refractivity contribution in [2.24, 2.45) is 0 Å². The van der Waals surface area contributed by atoms with Crippen molar-refractivity contribution in [3.8, 4) is 0 Å². The first-order chi connectivity index (χ1) is 6.34. The molecule has 1 fully saturated rings. The van der Waals surface area contributed by atoms with Gasteiger partial charge in [0.15, 0.2) is 0 Å². The lowest BCUT2D eigenvalue weighted by Gasteiger charge is -2.08. The average molecular weight is 241 g/mol. The number of halogens is 1. The molecule has 1 atom stereocenters. The van der Waals surface area contributed by atoms with Crippen LogP contribution in [-0.2, 0) is 6.42 Å². The van der Waals surface area contributed by atoms with Gasteiger partial charge in [0.2, 0.25) is 0 Å². The van der Waals surface area contributed by atoms with Crippen molar-refractivity contribution in [1.29, 1.82) is 0 Å². The molecule has 1 aromatic heterocycles. The maximum Gasteiger partial charge on any atom is 0.0419 e. The lowest BCUT2D eigenvalue weighted by Crippen LogP contribution is -2.23. The van der Waals surface area contributed by atoms with E-state index in [2.05, 4.69) is 38.4 Å². The third-order valence-corrected chi connectivity index (χ3v) is 2.88. The maximum absolute atomic E-state index is 4.35. The molecule has 0 amide bonds. The molecule has 2 nitrogen and oxygen atoms in total. The molecule has 0 radical (unpaired) electrons. The zero-order valence-corrected chi connectivity index (χ0v) is 9.05. The highest BCUT2D eigenvalue weighted by Gasteiger charge is 2.14. The fraction of sp³-hybridized carbons (Fsp3) is 0.500. The Bertz CT molecular complexity index is 265. The molecular weight excluding hydrogens is 228 g/mol. The predicted octanol–water partition coefficient (Wildman–Crippen LogP) is 2.14. The first-order valence-corrected chi connectivity index (χ1v) is 5.48. The van der Waals surface area contributed by atoms with E-state index in [4.69, 9.17) is 0 Å². The molecule has 2 heterocycles. The normalized spacial score (nSPS) is 22.1. The van der Waals surface area contributed by atoms with Gasteiger partial charge in [0.25, 0.3) is 0 Å². The third kappa shape index (κ3) is 2.51. The minimum atomic E-state index is 0.647. The van der Waals surface area contributed by atoms with E-state index in [1.54, 1.807) is 0 Å². The molecule has 1 aliphatic rings. The molecule has 0 aliphatic carbocycles. The summed E-state index contributed by atoms with van der Waals surface area (Å²) in [7, 11) is 0. The van der Waals surface area contributed by atoms with E-state index < -0.39 is 0 Å². The van der Waals surface area contributed by atoms with Gasteiger partial charge in [-0.15, -0.1) is 0 Å². The quantitative estimate of drug-likeness (QED) is 0.858.